The van der Waals surface area contributed by atoms with Crippen LogP contribution in [0, 0.1) is 6.92 Å². The summed E-state index contributed by atoms with van der Waals surface area (Å²) >= 11 is 3.53. The molecule has 5 heteroatoms. The van der Waals surface area contributed by atoms with E-state index in [0.717, 1.165) is 33.5 Å². The largest absolute Gasteiger partial charge is 0.477 e. The van der Waals surface area contributed by atoms with E-state index in [1.54, 1.807) is 6.08 Å². The Hall–Kier alpha value is -2.11. The van der Waals surface area contributed by atoms with Crippen molar-refractivity contribution in [3.63, 3.8) is 0 Å². The highest BCUT2D eigenvalue weighted by molar-refractivity contribution is 9.10. The maximum absolute atomic E-state index is 13.1. The monoisotopic (exact) mass is 453 g/mol. The van der Waals surface area contributed by atoms with Crippen molar-refractivity contribution in [2.75, 3.05) is 6.73 Å². The van der Waals surface area contributed by atoms with Crippen molar-refractivity contribution in [1.82, 2.24) is 4.90 Å². The van der Waals surface area contributed by atoms with Gasteiger partial charge in [-0.15, -0.1) is 0 Å². The van der Waals surface area contributed by atoms with E-state index in [4.69, 9.17) is 9.47 Å². The first-order chi connectivity index (χ1) is 14.1. The number of carbonyl (C=O) groups excluding carboxylic acids is 1. The second-order valence-corrected chi connectivity index (χ2v) is 8.99. The molecule has 29 heavy (non-hydrogen) atoms. The summed E-state index contributed by atoms with van der Waals surface area (Å²) in [5.74, 6) is 1.82. The van der Waals surface area contributed by atoms with Gasteiger partial charge in [0.05, 0.1) is 5.56 Å². The van der Waals surface area contributed by atoms with E-state index in [9.17, 15) is 4.79 Å². The van der Waals surface area contributed by atoms with Gasteiger partial charge in [-0.2, -0.15) is 0 Å². The zero-order valence-corrected chi connectivity index (χ0v) is 18.1. The second kappa shape index (κ2) is 7.62. The van der Waals surface area contributed by atoms with Crippen molar-refractivity contribution >= 4 is 27.8 Å². The Morgan fingerprint density at radius 2 is 1.93 bits per heavy atom. The van der Waals surface area contributed by atoms with Gasteiger partial charge in [-0.3, -0.25) is 9.69 Å². The van der Waals surface area contributed by atoms with Gasteiger partial charge in [0.15, 0.2) is 5.76 Å². The highest BCUT2D eigenvalue weighted by atomic mass is 79.9. The standard InChI is InChI=1S/C24H24BrNO3/c1-15-23-17(13-26(14-28-23)18-8-3-2-4-9-18)11-19-22(27)21(29-24(15)19)12-16-7-5-6-10-20(16)25/h5-7,10-12,18H,2-4,8-9,13-14H2,1H3/b21-12-. The van der Waals surface area contributed by atoms with E-state index in [1.807, 2.05) is 37.3 Å². The van der Waals surface area contributed by atoms with Crippen LogP contribution < -0.4 is 9.47 Å². The number of halogens is 1. The minimum atomic E-state index is -0.0588. The van der Waals surface area contributed by atoms with E-state index in [2.05, 4.69) is 20.8 Å². The van der Waals surface area contributed by atoms with E-state index in [-0.39, 0.29) is 5.78 Å². The predicted octanol–water partition coefficient (Wildman–Crippen LogP) is 5.86. The van der Waals surface area contributed by atoms with Crippen molar-refractivity contribution in [1.29, 1.82) is 0 Å². The molecular formula is C24H24BrNO3. The molecule has 0 amide bonds. The summed E-state index contributed by atoms with van der Waals surface area (Å²) in [6, 6.07) is 10.4. The highest BCUT2D eigenvalue weighted by Crippen LogP contribution is 2.44. The van der Waals surface area contributed by atoms with Crippen molar-refractivity contribution < 1.29 is 14.3 Å². The lowest BCUT2D eigenvalue weighted by molar-refractivity contribution is 0.0397. The fourth-order valence-corrected chi connectivity index (χ4v) is 5.08. The third-order valence-electron chi connectivity index (χ3n) is 6.25. The summed E-state index contributed by atoms with van der Waals surface area (Å²) in [5.41, 5.74) is 3.58. The van der Waals surface area contributed by atoms with Gasteiger partial charge in [-0.1, -0.05) is 53.4 Å². The Kier molecular flexibility index (Phi) is 4.96. The Labute approximate surface area is 179 Å². The zero-order valence-electron chi connectivity index (χ0n) is 16.5. The van der Waals surface area contributed by atoms with Crippen molar-refractivity contribution in [2.24, 2.45) is 0 Å². The molecule has 5 rings (SSSR count). The average Bonchev–Trinajstić information content (AvgIpc) is 3.06. The molecule has 2 aromatic carbocycles. The van der Waals surface area contributed by atoms with Gasteiger partial charge in [-0.25, -0.2) is 0 Å². The number of nitrogens with zero attached hydrogens (tertiary/aromatic N) is 1. The average molecular weight is 454 g/mol. The number of allylic oxidation sites excluding steroid dienone is 1. The summed E-state index contributed by atoms with van der Waals surface area (Å²) in [7, 11) is 0. The fraction of sp³-hybridized carbons (Fsp3) is 0.375. The lowest BCUT2D eigenvalue weighted by atomic mass is 9.93. The number of ether oxygens (including phenoxy) is 2. The molecule has 0 N–H and O–H groups in total. The normalized spacial score (nSPS) is 20.9. The quantitative estimate of drug-likeness (QED) is 0.533. The molecular weight excluding hydrogens is 430 g/mol. The van der Waals surface area contributed by atoms with Crippen LogP contribution in [0.5, 0.6) is 11.5 Å². The maximum Gasteiger partial charge on any atom is 0.231 e. The molecule has 150 valence electrons. The van der Waals surface area contributed by atoms with Gasteiger partial charge in [-0.05, 0) is 43.5 Å². The number of hydrogen-bond acceptors (Lipinski definition) is 4. The summed E-state index contributed by atoms with van der Waals surface area (Å²) in [5, 5.41) is 0. The predicted molar refractivity (Wildman–Crippen MR) is 116 cm³/mol. The van der Waals surface area contributed by atoms with Crippen LogP contribution in [0.1, 0.15) is 59.2 Å². The molecule has 1 aliphatic carbocycles. The van der Waals surface area contributed by atoms with E-state index in [0.29, 0.717) is 29.8 Å². The molecule has 0 radical (unpaired) electrons. The van der Waals surface area contributed by atoms with Crippen LogP contribution in [-0.2, 0) is 6.54 Å². The van der Waals surface area contributed by atoms with E-state index in [1.165, 1.54) is 32.1 Å². The van der Waals surface area contributed by atoms with Crippen LogP contribution in [-0.4, -0.2) is 23.5 Å². The molecule has 1 saturated carbocycles. The molecule has 0 atom stereocenters. The molecule has 0 spiro atoms. The van der Waals surface area contributed by atoms with Gasteiger partial charge >= 0.3 is 0 Å². The molecule has 4 nitrogen and oxygen atoms in total. The highest BCUT2D eigenvalue weighted by Gasteiger charge is 2.35. The third-order valence-corrected chi connectivity index (χ3v) is 6.97. The first-order valence-electron chi connectivity index (χ1n) is 10.3. The Morgan fingerprint density at radius 1 is 1.14 bits per heavy atom. The topological polar surface area (TPSA) is 38.8 Å². The van der Waals surface area contributed by atoms with Crippen molar-refractivity contribution in [2.45, 2.75) is 51.6 Å². The number of Topliss-reactive ketones (excluding diaryl/α,β-unsaturated/α-hetero) is 1. The number of ketones is 1. The van der Waals surface area contributed by atoms with Gasteiger partial charge in [0.2, 0.25) is 5.78 Å². The summed E-state index contributed by atoms with van der Waals surface area (Å²) in [6.07, 6.45) is 8.22. The number of carbonyl (C=O) groups is 1. The van der Waals surface area contributed by atoms with Crippen molar-refractivity contribution in [3.05, 3.63) is 62.8 Å². The Balaban J connectivity index is 1.46. The maximum atomic E-state index is 13.1. The van der Waals surface area contributed by atoms with Gasteiger partial charge in [0, 0.05) is 28.2 Å². The minimum absolute atomic E-state index is 0.0588. The number of rotatable bonds is 2. The van der Waals surface area contributed by atoms with Crippen LogP contribution >= 0.6 is 15.9 Å². The van der Waals surface area contributed by atoms with Gasteiger partial charge < -0.3 is 9.47 Å². The second-order valence-electron chi connectivity index (χ2n) is 8.14. The summed E-state index contributed by atoms with van der Waals surface area (Å²) in [4.78, 5) is 15.5. The first kappa shape index (κ1) is 18.9. The van der Waals surface area contributed by atoms with Crippen LogP contribution in [0.2, 0.25) is 0 Å². The lowest BCUT2D eigenvalue weighted by Crippen LogP contribution is -2.41. The van der Waals surface area contributed by atoms with Crippen LogP contribution in [0.25, 0.3) is 6.08 Å². The number of hydrogen-bond donors (Lipinski definition) is 0. The molecule has 2 heterocycles. The Morgan fingerprint density at radius 3 is 2.72 bits per heavy atom. The number of benzene rings is 2. The Bertz CT molecular complexity index is 1010. The third kappa shape index (κ3) is 3.40. The van der Waals surface area contributed by atoms with Gasteiger partial charge in [0.1, 0.15) is 18.2 Å². The minimum Gasteiger partial charge on any atom is -0.477 e. The van der Waals surface area contributed by atoms with Gasteiger partial charge in [0.25, 0.3) is 0 Å². The first-order valence-corrected chi connectivity index (χ1v) is 11.1. The lowest BCUT2D eigenvalue weighted by Gasteiger charge is -2.37. The van der Waals surface area contributed by atoms with Crippen LogP contribution in [0.4, 0.5) is 0 Å². The molecule has 2 aliphatic heterocycles. The SMILES string of the molecule is Cc1c2c(cc3c1O/C(=C\c1ccccc1Br)C3=O)CN(C1CCCCC1)CO2. The van der Waals surface area contributed by atoms with Crippen LogP contribution in [0.15, 0.2) is 40.6 Å². The molecule has 1 fully saturated rings. The fourth-order valence-electron chi connectivity index (χ4n) is 4.68. The molecule has 2 aromatic rings. The summed E-state index contributed by atoms with van der Waals surface area (Å²) in [6.45, 7) is 3.44. The number of fused-ring (bicyclic) bond motifs is 2. The molecule has 0 saturated heterocycles. The zero-order chi connectivity index (χ0) is 20.0. The smallest absolute Gasteiger partial charge is 0.231 e. The van der Waals surface area contributed by atoms with E-state index < -0.39 is 0 Å². The molecule has 3 aliphatic rings. The van der Waals surface area contributed by atoms with Crippen LogP contribution in [0.3, 0.4) is 0 Å². The summed E-state index contributed by atoms with van der Waals surface area (Å²) < 4.78 is 13.1. The van der Waals surface area contributed by atoms with E-state index >= 15 is 0 Å². The molecule has 0 aromatic heterocycles. The molecule has 0 bridgehead atoms. The van der Waals surface area contributed by atoms with Crippen molar-refractivity contribution in [3.8, 4) is 11.5 Å². The molecule has 0 unspecified atom stereocenters.